The SMILES string of the molecule is CCNCC(C)C(=O)Nc1nc(C)cc(C)n1. The number of hydrogen-bond acceptors (Lipinski definition) is 4. The number of anilines is 1. The standard InChI is InChI=1S/C12H20N4O/c1-5-13-7-8(2)11(17)16-12-14-9(3)6-10(4)15-12/h6,8,13H,5,7H2,1-4H3,(H,14,15,16,17). The molecule has 1 atom stereocenters. The van der Waals surface area contributed by atoms with E-state index in [4.69, 9.17) is 0 Å². The third-order valence-corrected chi connectivity index (χ3v) is 2.37. The maximum atomic E-state index is 11.8. The first kappa shape index (κ1) is 13.6. The second-order valence-corrected chi connectivity index (χ2v) is 4.17. The van der Waals surface area contributed by atoms with Crippen LogP contribution < -0.4 is 10.6 Å². The predicted molar refractivity (Wildman–Crippen MR) is 67.8 cm³/mol. The Morgan fingerprint density at radius 1 is 1.35 bits per heavy atom. The highest BCUT2D eigenvalue weighted by atomic mass is 16.2. The van der Waals surface area contributed by atoms with Gasteiger partial charge < -0.3 is 5.32 Å². The van der Waals surface area contributed by atoms with Gasteiger partial charge in [0.25, 0.3) is 0 Å². The molecule has 0 aliphatic rings. The van der Waals surface area contributed by atoms with Crippen LogP contribution >= 0.6 is 0 Å². The van der Waals surface area contributed by atoms with Crippen LogP contribution in [0.3, 0.4) is 0 Å². The van der Waals surface area contributed by atoms with E-state index in [1.807, 2.05) is 33.8 Å². The van der Waals surface area contributed by atoms with Gasteiger partial charge in [0.05, 0.1) is 0 Å². The van der Waals surface area contributed by atoms with Crippen molar-refractivity contribution < 1.29 is 4.79 Å². The maximum absolute atomic E-state index is 11.8. The zero-order valence-corrected chi connectivity index (χ0v) is 10.9. The molecule has 0 aliphatic heterocycles. The van der Waals surface area contributed by atoms with Gasteiger partial charge in [0.15, 0.2) is 0 Å². The third-order valence-electron chi connectivity index (χ3n) is 2.37. The lowest BCUT2D eigenvalue weighted by Crippen LogP contribution is -2.31. The maximum Gasteiger partial charge on any atom is 0.230 e. The van der Waals surface area contributed by atoms with E-state index in [0.29, 0.717) is 12.5 Å². The van der Waals surface area contributed by atoms with Gasteiger partial charge in [-0.25, -0.2) is 9.97 Å². The number of hydrogen-bond donors (Lipinski definition) is 2. The summed E-state index contributed by atoms with van der Waals surface area (Å²) in [6.07, 6.45) is 0. The van der Waals surface area contributed by atoms with Crippen LogP contribution in [-0.4, -0.2) is 29.0 Å². The van der Waals surface area contributed by atoms with Crippen molar-refractivity contribution in [3.63, 3.8) is 0 Å². The van der Waals surface area contributed by atoms with Crippen LogP contribution in [0.1, 0.15) is 25.2 Å². The van der Waals surface area contributed by atoms with Crippen LogP contribution in [0.15, 0.2) is 6.07 Å². The van der Waals surface area contributed by atoms with Crippen molar-refractivity contribution in [2.24, 2.45) is 5.92 Å². The Balaban J connectivity index is 2.61. The summed E-state index contributed by atoms with van der Waals surface area (Å²) < 4.78 is 0. The molecule has 5 nitrogen and oxygen atoms in total. The van der Waals surface area contributed by atoms with Crippen LogP contribution in [0.25, 0.3) is 0 Å². The number of nitrogens with zero attached hydrogens (tertiary/aromatic N) is 2. The van der Waals surface area contributed by atoms with Crippen LogP contribution in [0.4, 0.5) is 5.95 Å². The Morgan fingerprint density at radius 3 is 2.47 bits per heavy atom. The van der Waals surface area contributed by atoms with E-state index >= 15 is 0 Å². The summed E-state index contributed by atoms with van der Waals surface area (Å²) in [5, 5.41) is 5.87. The molecule has 0 aliphatic carbocycles. The van der Waals surface area contributed by atoms with Gasteiger partial charge in [-0.1, -0.05) is 13.8 Å². The highest BCUT2D eigenvalue weighted by molar-refractivity contribution is 5.90. The predicted octanol–water partition coefficient (Wildman–Crippen LogP) is 1.28. The summed E-state index contributed by atoms with van der Waals surface area (Å²) in [5.41, 5.74) is 1.71. The molecule has 1 rings (SSSR count). The average molecular weight is 236 g/mol. The van der Waals surface area contributed by atoms with Gasteiger partial charge in [-0.2, -0.15) is 0 Å². The fraction of sp³-hybridized carbons (Fsp3) is 0.583. The molecule has 94 valence electrons. The van der Waals surface area contributed by atoms with E-state index in [9.17, 15) is 4.79 Å². The zero-order valence-electron chi connectivity index (χ0n) is 10.9. The molecule has 1 aromatic heterocycles. The molecule has 0 spiro atoms. The smallest absolute Gasteiger partial charge is 0.230 e. The van der Waals surface area contributed by atoms with Crippen molar-refractivity contribution >= 4 is 11.9 Å². The van der Waals surface area contributed by atoms with Crippen molar-refractivity contribution in [2.75, 3.05) is 18.4 Å². The second kappa shape index (κ2) is 6.30. The quantitative estimate of drug-likeness (QED) is 0.808. The third kappa shape index (κ3) is 4.48. The Labute approximate surface area is 102 Å². The topological polar surface area (TPSA) is 66.9 Å². The van der Waals surface area contributed by atoms with E-state index in [1.54, 1.807) is 0 Å². The number of amides is 1. The number of aryl methyl sites for hydroxylation is 2. The minimum atomic E-state index is -0.0978. The molecule has 0 fully saturated rings. The summed E-state index contributed by atoms with van der Waals surface area (Å²) in [5.74, 6) is 0.228. The van der Waals surface area contributed by atoms with Gasteiger partial charge in [-0.15, -0.1) is 0 Å². The molecular weight excluding hydrogens is 216 g/mol. The molecule has 0 bridgehead atoms. The molecule has 1 unspecified atom stereocenters. The molecule has 1 aromatic rings. The summed E-state index contributed by atoms with van der Waals surface area (Å²) in [6, 6.07) is 1.87. The molecule has 1 heterocycles. The lowest BCUT2D eigenvalue weighted by Gasteiger charge is -2.11. The van der Waals surface area contributed by atoms with Gasteiger partial charge in [0.2, 0.25) is 11.9 Å². The fourth-order valence-electron chi connectivity index (χ4n) is 1.47. The van der Waals surface area contributed by atoms with Gasteiger partial charge in [0.1, 0.15) is 0 Å². The van der Waals surface area contributed by atoms with Crippen molar-refractivity contribution in [3.8, 4) is 0 Å². The number of carbonyl (C=O) groups is 1. The van der Waals surface area contributed by atoms with Gasteiger partial charge in [-0.3, -0.25) is 10.1 Å². The summed E-state index contributed by atoms with van der Waals surface area (Å²) in [6.45, 7) is 9.17. The monoisotopic (exact) mass is 236 g/mol. The highest BCUT2D eigenvalue weighted by Crippen LogP contribution is 2.05. The van der Waals surface area contributed by atoms with Crippen LogP contribution in [-0.2, 0) is 4.79 Å². The molecule has 1 amide bonds. The van der Waals surface area contributed by atoms with Gasteiger partial charge in [0, 0.05) is 23.9 Å². The van der Waals surface area contributed by atoms with Crippen molar-refractivity contribution in [3.05, 3.63) is 17.5 Å². The Hall–Kier alpha value is -1.49. The molecule has 0 saturated heterocycles. The molecule has 0 aromatic carbocycles. The molecular formula is C12H20N4O. The lowest BCUT2D eigenvalue weighted by atomic mass is 10.1. The van der Waals surface area contributed by atoms with Gasteiger partial charge >= 0.3 is 0 Å². The highest BCUT2D eigenvalue weighted by Gasteiger charge is 2.13. The Kier molecular flexibility index (Phi) is 5.03. The first-order chi connectivity index (χ1) is 8.02. The number of rotatable bonds is 5. The normalized spacial score (nSPS) is 12.2. The van der Waals surface area contributed by atoms with Crippen LogP contribution in [0.2, 0.25) is 0 Å². The molecule has 5 heteroatoms. The summed E-state index contributed by atoms with van der Waals surface area (Å²) >= 11 is 0. The van der Waals surface area contributed by atoms with Crippen molar-refractivity contribution in [2.45, 2.75) is 27.7 Å². The zero-order chi connectivity index (χ0) is 12.8. The number of aromatic nitrogens is 2. The minimum Gasteiger partial charge on any atom is -0.316 e. The molecule has 2 N–H and O–H groups in total. The summed E-state index contributed by atoms with van der Waals surface area (Å²) in [4.78, 5) is 20.2. The number of nitrogens with one attached hydrogen (secondary N) is 2. The Bertz CT molecular complexity index is 372. The van der Waals surface area contributed by atoms with E-state index in [0.717, 1.165) is 17.9 Å². The first-order valence-corrected chi connectivity index (χ1v) is 5.86. The van der Waals surface area contributed by atoms with E-state index in [1.165, 1.54) is 0 Å². The largest absolute Gasteiger partial charge is 0.316 e. The Morgan fingerprint density at radius 2 is 1.94 bits per heavy atom. The van der Waals surface area contributed by atoms with E-state index in [-0.39, 0.29) is 11.8 Å². The summed E-state index contributed by atoms with van der Waals surface area (Å²) in [7, 11) is 0. The number of carbonyl (C=O) groups excluding carboxylic acids is 1. The van der Waals surface area contributed by atoms with E-state index < -0.39 is 0 Å². The lowest BCUT2D eigenvalue weighted by molar-refractivity contribution is -0.119. The molecule has 0 radical (unpaired) electrons. The van der Waals surface area contributed by atoms with Crippen LogP contribution in [0, 0.1) is 19.8 Å². The average Bonchev–Trinajstić information content (AvgIpc) is 2.24. The minimum absolute atomic E-state index is 0.0593. The first-order valence-electron chi connectivity index (χ1n) is 5.86. The van der Waals surface area contributed by atoms with Crippen LogP contribution in [0.5, 0.6) is 0 Å². The van der Waals surface area contributed by atoms with Gasteiger partial charge in [-0.05, 0) is 26.5 Å². The molecule has 0 saturated carbocycles. The second-order valence-electron chi connectivity index (χ2n) is 4.17. The van der Waals surface area contributed by atoms with E-state index in [2.05, 4.69) is 20.6 Å². The van der Waals surface area contributed by atoms with Crippen molar-refractivity contribution in [1.82, 2.24) is 15.3 Å². The molecule has 17 heavy (non-hydrogen) atoms. The fourth-order valence-corrected chi connectivity index (χ4v) is 1.47. The van der Waals surface area contributed by atoms with Crippen molar-refractivity contribution in [1.29, 1.82) is 0 Å².